The number of nitrogens with one attached hydrogen (secondary N) is 1. The number of fused-ring (bicyclic) bond motifs is 1. The number of benzene rings is 2. The number of carboxylic acids is 1. The fourth-order valence-electron chi connectivity index (χ4n) is 5.40. The van der Waals surface area contributed by atoms with Gasteiger partial charge in [0.05, 0.1) is 12.8 Å². The molecule has 2 unspecified atom stereocenters. The number of aromatic nitrogens is 2. The molecule has 180 valence electrons. The molecular weight excluding hydrogens is 473 g/mol. The van der Waals surface area contributed by atoms with Crippen LogP contribution in [0, 0.1) is 5.82 Å². The quantitative estimate of drug-likeness (QED) is 0.549. The van der Waals surface area contributed by atoms with Gasteiger partial charge in [-0.05, 0) is 49.4 Å². The smallest absolute Gasteiger partial charge is 0.315 e. The van der Waals surface area contributed by atoms with Crippen LogP contribution in [0.2, 0.25) is 5.02 Å². The summed E-state index contributed by atoms with van der Waals surface area (Å²) in [6.45, 7) is 4.12. The summed E-state index contributed by atoms with van der Waals surface area (Å²) in [7, 11) is 2.10. The third kappa shape index (κ3) is 3.49. The van der Waals surface area contributed by atoms with E-state index in [-0.39, 0.29) is 11.6 Å². The first kappa shape index (κ1) is 22.1. The van der Waals surface area contributed by atoms with Crippen molar-refractivity contribution in [3.8, 4) is 5.75 Å². The zero-order chi connectivity index (χ0) is 24.5. The number of anilines is 4. The summed E-state index contributed by atoms with van der Waals surface area (Å²) in [6, 6.07) is 8.16. The molecule has 0 amide bonds. The van der Waals surface area contributed by atoms with Crippen molar-refractivity contribution in [3.05, 3.63) is 64.1 Å². The van der Waals surface area contributed by atoms with E-state index in [1.54, 1.807) is 17.9 Å². The highest BCUT2D eigenvalue weighted by atomic mass is 35.5. The summed E-state index contributed by atoms with van der Waals surface area (Å²) in [5.41, 5.74) is 2.89. The van der Waals surface area contributed by atoms with Gasteiger partial charge in [0.15, 0.2) is 5.82 Å². The van der Waals surface area contributed by atoms with Gasteiger partial charge in [0.25, 0.3) is 0 Å². The number of carbonyl (C=O) groups is 1. The minimum atomic E-state index is -1.32. The fraction of sp³-hybridized carbons (Fsp3) is 0.320. The molecule has 3 aliphatic heterocycles. The first-order chi connectivity index (χ1) is 16.7. The Balaban J connectivity index is 1.36. The van der Waals surface area contributed by atoms with E-state index in [0.717, 1.165) is 24.5 Å². The average molecular weight is 496 g/mol. The summed E-state index contributed by atoms with van der Waals surface area (Å²) in [5.74, 6) is 0.374. The van der Waals surface area contributed by atoms with Crippen LogP contribution >= 0.6 is 11.6 Å². The SMILES string of the molecule is CN1Cc2cc(Nc3ncc(Cl)c(N4CC(C)(C(=O)O)c5cc(F)ccc54)n3)cc3c2C(CO3)C1. The standard InChI is InChI=1S/C25H23ClFN5O3/c1-25(23(33)34)12-32(19-4-3-15(27)6-17(19)25)22-18(26)8-28-24(30-22)29-16-5-13-9-31(2)10-14-11-35-20(7-16)21(13)14/h3-8,14H,9-12H2,1-2H3,(H,33,34)(H,28,29,30). The van der Waals surface area contributed by atoms with Crippen molar-refractivity contribution in [2.75, 3.05) is 37.0 Å². The van der Waals surface area contributed by atoms with Gasteiger partial charge in [-0.15, -0.1) is 0 Å². The van der Waals surface area contributed by atoms with Gasteiger partial charge in [-0.2, -0.15) is 4.98 Å². The van der Waals surface area contributed by atoms with Crippen molar-refractivity contribution in [3.63, 3.8) is 0 Å². The fourth-order valence-corrected chi connectivity index (χ4v) is 5.59. The Labute approximate surface area is 206 Å². The molecule has 0 bridgehead atoms. The van der Waals surface area contributed by atoms with Crippen LogP contribution in [-0.4, -0.2) is 52.7 Å². The Hall–Kier alpha value is -3.43. The summed E-state index contributed by atoms with van der Waals surface area (Å²) in [6.07, 6.45) is 1.48. The lowest BCUT2D eigenvalue weighted by Gasteiger charge is -2.28. The molecule has 4 heterocycles. The van der Waals surface area contributed by atoms with Crippen molar-refractivity contribution < 1.29 is 19.0 Å². The van der Waals surface area contributed by atoms with E-state index in [0.29, 0.717) is 35.5 Å². The number of ether oxygens (including phenoxy) is 1. The maximum Gasteiger partial charge on any atom is 0.315 e. The molecule has 0 fully saturated rings. The molecule has 10 heteroatoms. The van der Waals surface area contributed by atoms with Gasteiger partial charge < -0.3 is 25.0 Å². The first-order valence-corrected chi connectivity index (χ1v) is 11.7. The van der Waals surface area contributed by atoms with Crippen LogP contribution in [0.15, 0.2) is 36.5 Å². The van der Waals surface area contributed by atoms with Crippen molar-refractivity contribution >= 4 is 40.7 Å². The van der Waals surface area contributed by atoms with E-state index >= 15 is 0 Å². The lowest BCUT2D eigenvalue weighted by Crippen LogP contribution is -2.36. The molecule has 0 spiro atoms. The van der Waals surface area contributed by atoms with Gasteiger partial charge in [0.2, 0.25) is 5.95 Å². The maximum atomic E-state index is 14.0. The molecule has 3 aliphatic rings. The van der Waals surface area contributed by atoms with Gasteiger partial charge in [-0.1, -0.05) is 11.6 Å². The van der Waals surface area contributed by atoms with E-state index < -0.39 is 17.2 Å². The minimum Gasteiger partial charge on any atom is -0.493 e. The van der Waals surface area contributed by atoms with Gasteiger partial charge in [-0.25, -0.2) is 9.37 Å². The van der Waals surface area contributed by atoms with Crippen LogP contribution in [0.1, 0.15) is 29.5 Å². The predicted molar refractivity (Wildman–Crippen MR) is 130 cm³/mol. The second kappa shape index (κ2) is 7.79. The average Bonchev–Trinajstić information content (AvgIpc) is 3.35. The second-order valence-corrected chi connectivity index (χ2v) is 10.0. The topological polar surface area (TPSA) is 90.8 Å². The summed E-state index contributed by atoms with van der Waals surface area (Å²) < 4.78 is 20.0. The number of hydrogen-bond donors (Lipinski definition) is 2. The maximum absolute atomic E-state index is 14.0. The van der Waals surface area contributed by atoms with Gasteiger partial charge in [-0.3, -0.25) is 4.79 Å². The number of aliphatic carboxylic acids is 1. The number of carboxylic acid groups (broad SMARTS) is 1. The lowest BCUT2D eigenvalue weighted by molar-refractivity contribution is -0.142. The molecular formula is C25H23ClFN5O3. The van der Waals surface area contributed by atoms with Crippen LogP contribution in [0.5, 0.6) is 5.75 Å². The Kier molecular flexibility index (Phi) is 4.91. The highest BCUT2D eigenvalue weighted by Crippen LogP contribution is 2.46. The Bertz CT molecular complexity index is 1390. The summed E-state index contributed by atoms with van der Waals surface area (Å²) >= 11 is 6.47. The van der Waals surface area contributed by atoms with Gasteiger partial charge in [0.1, 0.15) is 22.0 Å². The minimum absolute atomic E-state index is 0.0574. The van der Waals surface area contributed by atoms with Crippen LogP contribution in [0.25, 0.3) is 0 Å². The number of likely N-dealkylation sites (N-methyl/N-ethyl adjacent to an activating group) is 1. The van der Waals surface area contributed by atoms with E-state index in [9.17, 15) is 14.3 Å². The molecule has 1 aromatic heterocycles. The molecule has 0 saturated heterocycles. The zero-order valence-corrected chi connectivity index (χ0v) is 19.9. The van der Waals surface area contributed by atoms with E-state index in [1.165, 1.54) is 29.5 Å². The van der Waals surface area contributed by atoms with Crippen LogP contribution in [-0.2, 0) is 16.8 Å². The van der Waals surface area contributed by atoms with Crippen LogP contribution in [0.3, 0.4) is 0 Å². The normalized spacial score (nSPS) is 22.5. The molecule has 2 N–H and O–H groups in total. The van der Waals surface area contributed by atoms with Crippen LogP contribution < -0.4 is 15.0 Å². The molecule has 35 heavy (non-hydrogen) atoms. The van der Waals surface area contributed by atoms with E-state index in [4.69, 9.17) is 16.3 Å². The van der Waals surface area contributed by atoms with E-state index in [1.807, 2.05) is 6.07 Å². The second-order valence-electron chi connectivity index (χ2n) is 9.63. The highest BCUT2D eigenvalue weighted by molar-refractivity contribution is 6.33. The number of nitrogens with zero attached hydrogens (tertiary/aromatic N) is 4. The predicted octanol–water partition coefficient (Wildman–Crippen LogP) is 4.43. The Morgan fingerprint density at radius 2 is 2.17 bits per heavy atom. The third-order valence-electron chi connectivity index (χ3n) is 7.08. The molecule has 0 saturated carbocycles. The largest absolute Gasteiger partial charge is 0.493 e. The molecule has 6 rings (SSSR count). The Morgan fingerprint density at radius 1 is 1.34 bits per heavy atom. The van der Waals surface area contributed by atoms with E-state index in [2.05, 4.69) is 33.3 Å². The van der Waals surface area contributed by atoms with Crippen molar-refractivity contribution in [1.29, 1.82) is 0 Å². The number of hydrogen-bond acceptors (Lipinski definition) is 7. The monoisotopic (exact) mass is 495 g/mol. The molecule has 3 aromatic rings. The first-order valence-electron chi connectivity index (χ1n) is 11.3. The third-order valence-corrected chi connectivity index (χ3v) is 7.34. The number of rotatable bonds is 4. The molecule has 0 radical (unpaired) electrons. The van der Waals surface area contributed by atoms with Crippen LogP contribution in [0.4, 0.5) is 27.5 Å². The summed E-state index contributed by atoms with van der Waals surface area (Å²) in [5, 5.41) is 13.4. The lowest BCUT2D eigenvalue weighted by atomic mass is 9.85. The molecule has 2 atom stereocenters. The molecule has 0 aliphatic carbocycles. The molecule has 2 aromatic carbocycles. The number of halogens is 2. The molecule has 8 nitrogen and oxygen atoms in total. The zero-order valence-electron chi connectivity index (χ0n) is 19.2. The highest BCUT2D eigenvalue weighted by Gasteiger charge is 2.46. The van der Waals surface area contributed by atoms with Crippen molar-refractivity contribution in [2.24, 2.45) is 0 Å². The van der Waals surface area contributed by atoms with Gasteiger partial charge >= 0.3 is 5.97 Å². The van der Waals surface area contributed by atoms with Crippen molar-refractivity contribution in [2.45, 2.75) is 24.8 Å². The van der Waals surface area contributed by atoms with Crippen molar-refractivity contribution in [1.82, 2.24) is 14.9 Å². The summed E-state index contributed by atoms with van der Waals surface area (Å²) in [4.78, 5) is 25.1. The van der Waals surface area contributed by atoms with Gasteiger partial charge in [0, 0.05) is 48.6 Å². The Morgan fingerprint density at radius 3 is 2.97 bits per heavy atom.